The third-order valence-corrected chi connectivity index (χ3v) is 4.87. The van der Waals surface area contributed by atoms with Crippen LogP contribution in [0.25, 0.3) is 0 Å². The topological polar surface area (TPSA) is 68.6 Å². The van der Waals surface area contributed by atoms with Crippen LogP contribution in [0.4, 0.5) is 0 Å². The highest BCUT2D eigenvalue weighted by Crippen LogP contribution is 2.18. The number of nitrogens with one attached hydrogen (secondary N) is 3. The summed E-state index contributed by atoms with van der Waals surface area (Å²) in [7, 11) is 0. The Morgan fingerprint density at radius 3 is 2.74 bits per heavy atom. The fraction of sp³-hybridized carbons (Fsp3) is 1.00. The van der Waals surface area contributed by atoms with Crippen LogP contribution in [0.5, 0.6) is 0 Å². The van der Waals surface area contributed by atoms with E-state index >= 15 is 0 Å². The van der Waals surface area contributed by atoms with Crippen molar-refractivity contribution in [2.75, 3.05) is 32.7 Å². The zero-order valence-corrected chi connectivity index (χ0v) is 11.9. The second kappa shape index (κ2) is 6.03. The Bertz CT molecular complexity index is 287. The minimum Gasteiger partial charge on any atom is -0.310 e. The smallest absolute Gasteiger partial charge is 0.0379 e. The molecule has 3 aliphatic heterocycles. The Morgan fingerprint density at radius 2 is 2.00 bits per heavy atom. The van der Waals surface area contributed by atoms with E-state index in [1.807, 2.05) is 5.01 Å². The maximum absolute atomic E-state index is 5.99. The molecule has 0 aliphatic carbocycles. The van der Waals surface area contributed by atoms with E-state index in [2.05, 4.69) is 28.0 Å². The van der Waals surface area contributed by atoms with E-state index in [4.69, 9.17) is 5.84 Å². The van der Waals surface area contributed by atoms with E-state index in [9.17, 15) is 0 Å². The molecule has 3 aliphatic rings. The molecule has 0 radical (unpaired) electrons. The van der Waals surface area contributed by atoms with Gasteiger partial charge in [0.15, 0.2) is 0 Å². The average Bonchev–Trinajstić information content (AvgIpc) is 2.40. The van der Waals surface area contributed by atoms with Crippen molar-refractivity contribution in [2.24, 2.45) is 5.84 Å². The van der Waals surface area contributed by atoms with Gasteiger partial charge in [-0.1, -0.05) is 6.42 Å². The van der Waals surface area contributed by atoms with Crippen molar-refractivity contribution in [3.63, 3.8) is 0 Å². The summed E-state index contributed by atoms with van der Waals surface area (Å²) in [5.74, 6) is 5.99. The first-order chi connectivity index (χ1) is 9.22. The number of nitrogens with two attached hydrogens (primary N) is 1. The molecule has 0 spiro atoms. The van der Waals surface area contributed by atoms with Crippen LogP contribution < -0.4 is 21.9 Å². The molecule has 4 atom stereocenters. The lowest BCUT2D eigenvalue weighted by Crippen LogP contribution is -2.66. The van der Waals surface area contributed by atoms with Gasteiger partial charge in [0.05, 0.1) is 0 Å². The number of hydrogen-bond donors (Lipinski definition) is 4. The molecule has 3 rings (SSSR count). The minimum absolute atomic E-state index is 0.392. The lowest BCUT2D eigenvalue weighted by atomic mass is 9.95. The molecule has 110 valence electrons. The molecule has 5 N–H and O–H groups in total. The minimum atomic E-state index is 0.392. The fourth-order valence-corrected chi connectivity index (χ4v) is 3.59. The van der Waals surface area contributed by atoms with Crippen LogP contribution in [0.15, 0.2) is 0 Å². The Labute approximate surface area is 116 Å². The summed E-state index contributed by atoms with van der Waals surface area (Å²) < 4.78 is 0. The lowest BCUT2D eigenvalue weighted by molar-refractivity contribution is 0.0616. The monoisotopic (exact) mass is 268 g/mol. The molecular formula is C13H28N6. The molecule has 0 aromatic carbocycles. The number of piperidine rings is 1. The maximum atomic E-state index is 5.99. The van der Waals surface area contributed by atoms with E-state index < -0.39 is 0 Å². The van der Waals surface area contributed by atoms with Crippen LogP contribution >= 0.6 is 0 Å². The number of hydrazine groups is 2. The van der Waals surface area contributed by atoms with Crippen LogP contribution in [-0.4, -0.2) is 66.9 Å². The highest BCUT2D eigenvalue weighted by Gasteiger charge is 2.31. The summed E-state index contributed by atoms with van der Waals surface area (Å²) in [6, 6.07) is 2.20. The number of piperazine rings is 2. The van der Waals surface area contributed by atoms with E-state index in [-0.39, 0.29) is 0 Å². The predicted molar refractivity (Wildman–Crippen MR) is 76.3 cm³/mol. The summed E-state index contributed by atoms with van der Waals surface area (Å²) in [4.78, 5) is 0. The third kappa shape index (κ3) is 3.26. The first kappa shape index (κ1) is 13.7. The SMILES string of the molecule is CC1C(CNN2CC3CCCC(C2)N3)NCCN1N. The van der Waals surface area contributed by atoms with Gasteiger partial charge in [-0.3, -0.25) is 11.3 Å². The number of fused-ring (bicyclic) bond motifs is 2. The number of rotatable bonds is 3. The summed E-state index contributed by atoms with van der Waals surface area (Å²) >= 11 is 0. The maximum Gasteiger partial charge on any atom is 0.0379 e. The van der Waals surface area contributed by atoms with Crippen LogP contribution in [0.1, 0.15) is 26.2 Å². The van der Waals surface area contributed by atoms with Gasteiger partial charge in [0, 0.05) is 56.9 Å². The molecule has 4 unspecified atom stereocenters. The molecule has 2 bridgehead atoms. The van der Waals surface area contributed by atoms with Crippen molar-refractivity contribution in [1.82, 2.24) is 26.1 Å². The van der Waals surface area contributed by atoms with E-state index in [1.165, 1.54) is 19.3 Å². The van der Waals surface area contributed by atoms with Crippen molar-refractivity contribution in [3.05, 3.63) is 0 Å². The molecule has 3 heterocycles. The molecular weight excluding hydrogens is 240 g/mol. The molecule has 19 heavy (non-hydrogen) atoms. The lowest BCUT2D eigenvalue weighted by Gasteiger charge is -2.44. The highest BCUT2D eigenvalue weighted by atomic mass is 15.5. The second-order valence-electron chi connectivity index (χ2n) is 6.30. The average molecular weight is 268 g/mol. The third-order valence-electron chi connectivity index (χ3n) is 4.87. The molecule has 0 aromatic heterocycles. The van der Waals surface area contributed by atoms with Crippen LogP contribution in [-0.2, 0) is 0 Å². The normalized spacial score (nSPS) is 41.4. The second-order valence-corrected chi connectivity index (χ2v) is 6.30. The van der Waals surface area contributed by atoms with Gasteiger partial charge in [0.1, 0.15) is 0 Å². The standard InChI is InChI=1S/C13H28N6/c1-10-13(15-5-6-19(10)14)7-16-18-8-11-3-2-4-12(9-18)17-11/h10-13,15-17H,2-9,14H2,1H3. The summed E-state index contributed by atoms with van der Waals surface area (Å²) in [5.41, 5.74) is 3.62. The van der Waals surface area contributed by atoms with Gasteiger partial charge < -0.3 is 10.6 Å². The number of hydrogen-bond acceptors (Lipinski definition) is 6. The van der Waals surface area contributed by atoms with Gasteiger partial charge in [-0.25, -0.2) is 10.0 Å². The molecule has 0 saturated carbocycles. The van der Waals surface area contributed by atoms with Gasteiger partial charge >= 0.3 is 0 Å². The summed E-state index contributed by atoms with van der Waals surface area (Å²) in [5, 5.41) is 11.6. The number of nitrogens with zero attached hydrogens (tertiary/aromatic N) is 2. The Kier molecular flexibility index (Phi) is 4.36. The van der Waals surface area contributed by atoms with Gasteiger partial charge in [-0.15, -0.1) is 0 Å². The molecule has 6 heteroatoms. The van der Waals surface area contributed by atoms with Crippen molar-refractivity contribution in [1.29, 1.82) is 0 Å². The molecule has 3 saturated heterocycles. The molecule has 0 aromatic rings. The molecule has 6 nitrogen and oxygen atoms in total. The summed E-state index contributed by atoms with van der Waals surface area (Å²) in [6.45, 7) is 7.35. The first-order valence-corrected chi connectivity index (χ1v) is 7.71. The zero-order valence-electron chi connectivity index (χ0n) is 11.9. The van der Waals surface area contributed by atoms with Crippen molar-refractivity contribution < 1.29 is 0 Å². The fourth-order valence-electron chi connectivity index (χ4n) is 3.59. The van der Waals surface area contributed by atoms with Crippen LogP contribution in [0.2, 0.25) is 0 Å². The van der Waals surface area contributed by atoms with Gasteiger partial charge in [-0.05, 0) is 19.8 Å². The van der Waals surface area contributed by atoms with E-state index in [1.54, 1.807) is 0 Å². The quantitative estimate of drug-likeness (QED) is 0.485. The van der Waals surface area contributed by atoms with Crippen molar-refractivity contribution in [3.8, 4) is 0 Å². The molecule has 0 amide bonds. The van der Waals surface area contributed by atoms with E-state index in [0.717, 1.165) is 32.7 Å². The zero-order chi connectivity index (χ0) is 13.2. The van der Waals surface area contributed by atoms with Crippen LogP contribution in [0, 0.1) is 0 Å². The largest absolute Gasteiger partial charge is 0.310 e. The van der Waals surface area contributed by atoms with Gasteiger partial charge in [0.25, 0.3) is 0 Å². The first-order valence-electron chi connectivity index (χ1n) is 7.71. The van der Waals surface area contributed by atoms with Crippen LogP contribution in [0.3, 0.4) is 0 Å². The summed E-state index contributed by atoms with van der Waals surface area (Å²) in [6.07, 6.45) is 4.03. The van der Waals surface area contributed by atoms with Crippen molar-refractivity contribution >= 4 is 0 Å². The Hall–Kier alpha value is -0.240. The molecule has 3 fully saturated rings. The Balaban J connectivity index is 1.46. The Morgan fingerprint density at radius 1 is 1.26 bits per heavy atom. The van der Waals surface area contributed by atoms with E-state index in [0.29, 0.717) is 24.2 Å². The predicted octanol–water partition coefficient (Wildman–Crippen LogP) is -1.15. The van der Waals surface area contributed by atoms with Gasteiger partial charge in [0.2, 0.25) is 0 Å². The van der Waals surface area contributed by atoms with Gasteiger partial charge in [-0.2, -0.15) is 0 Å². The van der Waals surface area contributed by atoms with Crippen molar-refractivity contribution in [2.45, 2.75) is 50.4 Å². The highest BCUT2D eigenvalue weighted by molar-refractivity contribution is 4.90.